The van der Waals surface area contributed by atoms with Crippen molar-refractivity contribution in [1.29, 1.82) is 0 Å². The van der Waals surface area contributed by atoms with Crippen LogP contribution in [0, 0.1) is 0 Å². The Kier molecular flexibility index (Phi) is 26.8. The molecule has 0 radical (unpaired) electrons. The maximum atomic E-state index is 13.7. The van der Waals surface area contributed by atoms with E-state index in [9.17, 15) is 100 Å². The Balaban J connectivity index is 1.18. The molecule has 16 N–H and O–H groups in total. The molecule has 36 nitrogen and oxygen atoms in total. The summed E-state index contributed by atoms with van der Waals surface area (Å²) in [5, 5.41) is 94.1. The monoisotopic (exact) mass is 1530 g/mol. The fourth-order valence-electron chi connectivity index (χ4n) is 10.0. The Hall–Kier alpha value is -8.58. The molecule has 8 aromatic rings. The number of anilines is 12. The molecule has 2 heterocycles. The minimum atomic E-state index is -5.37. The maximum absolute atomic E-state index is 13.7. The number of aromatic nitrogens is 4. The Morgan fingerprint density at radius 3 is 0.706 bits per heavy atom. The number of benzene rings is 6. The van der Waals surface area contributed by atoms with Crippen molar-refractivity contribution in [2.75, 3.05) is 137 Å². The second-order valence-electron chi connectivity index (χ2n) is 21.6. The molecule has 8 rings (SSSR count). The molecule has 0 aliphatic rings. The van der Waals surface area contributed by atoms with Crippen molar-refractivity contribution >= 4 is 130 Å². The van der Waals surface area contributed by atoms with Gasteiger partial charge in [-0.25, -0.2) is 33.7 Å². The van der Waals surface area contributed by atoms with Crippen molar-refractivity contribution in [3.8, 4) is 11.1 Å². The van der Waals surface area contributed by atoms with E-state index >= 15 is 0 Å². The molecule has 6 aromatic carbocycles. The van der Waals surface area contributed by atoms with Gasteiger partial charge >= 0.3 is 0 Å². The molecule has 2 aromatic heterocycles. The first-order chi connectivity index (χ1) is 48.4. The van der Waals surface area contributed by atoms with Crippen LogP contribution in [-0.2, 0) is 60.3 Å². The van der Waals surface area contributed by atoms with E-state index in [0.717, 1.165) is 41.5 Å². The van der Waals surface area contributed by atoms with Crippen LogP contribution in [0.15, 0.2) is 175 Å². The second kappa shape index (κ2) is 34.6. The molecule has 42 heteroatoms. The lowest BCUT2D eigenvalue weighted by Gasteiger charge is -2.21. The summed E-state index contributed by atoms with van der Waals surface area (Å²) in [6, 6.07) is 30.0. The van der Waals surface area contributed by atoms with Gasteiger partial charge in [-0.1, -0.05) is 36.4 Å². The highest BCUT2D eigenvalue weighted by Gasteiger charge is 2.30. The van der Waals surface area contributed by atoms with E-state index in [1.807, 2.05) is 0 Å². The van der Waals surface area contributed by atoms with Gasteiger partial charge in [0.1, 0.15) is 33.1 Å². The number of aliphatic hydroxyl groups excluding tert-OH is 8. The molecular formula is C60H72N14O22S6. The number of aliphatic hydroxyl groups is 8. The number of nitrogens with zero attached hydrogens (tertiary/aromatic N) is 8. The zero-order valence-corrected chi connectivity index (χ0v) is 58.5. The summed E-state index contributed by atoms with van der Waals surface area (Å²) in [5.74, 6) is -1.14. The van der Waals surface area contributed by atoms with Gasteiger partial charge in [0.2, 0.25) is 52.0 Å². The van der Waals surface area contributed by atoms with Gasteiger partial charge < -0.3 is 72.8 Å². The normalized spacial score (nSPS) is 12.5. The highest BCUT2D eigenvalue weighted by Crippen LogP contribution is 2.38. The minimum absolute atomic E-state index is 0.0680. The van der Waals surface area contributed by atoms with Gasteiger partial charge in [-0.15, -0.1) is 0 Å². The van der Waals surface area contributed by atoms with Crippen LogP contribution in [0.3, 0.4) is 0 Å². The quantitative estimate of drug-likeness (QED) is 0.0244. The summed E-state index contributed by atoms with van der Waals surface area (Å²) in [7, 11) is -28.0. The first-order valence-electron chi connectivity index (χ1n) is 30.3. The molecule has 0 spiro atoms. The molecule has 0 aliphatic carbocycles. The van der Waals surface area contributed by atoms with Crippen LogP contribution < -0.4 is 31.9 Å². The molecule has 0 aliphatic heterocycles. The third-order valence-electron chi connectivity index (χ3n) is 14.5. The van der Waals surface area contributed by atoms with Crippen LogP contribution in [0.4, 0.5) is 69.3 Å². The summed E-state index contributed by atoms with van der Waals surface area (Å²) in [6.45, 7) is -7.32. The lowest BCUT2D eigenvalue weighted by Crippen LogP contribution is -2.35. The van der Waals surface area contributed by atoms with Crippen molar-refractivity contribution in [2.45, 2.75) is 29.4 Å². The minimum Gasteiger partial charge on any atom is -0.395 e. The summed E-state index contributed by atoms with van der Waals surface area (Å²) >= 11 is 0. The maximum Gasteiger partial charge on any atom is 0.295 e. The van der Waals surface area contributed by atoms with Gasteiger partial charge in [0.25, 0.3) is 20.2 Å². The molecule has 0 saturated carbocycles. The van der Waals surface area contributed by atoms with Gasteiger partial charge in [-0.2, -0.15) is 54.0 Å². The summed E-state index contributed by atoms with van der Waals surface area (Å²) < 4.78 is 188. The third-order valence-corrected chi connectivity index (χ3v) is 23.9. The number of hydrogen-bond donors (Lipinski definition) is 16. The molecular weight excluding hydrogens is 1460 g/mol. The Morgan fingerprint density at radius 1 is 0.275 bits per heavy atom. The lowest BCUT2D eigenvalue weighted by atomic mass is 10.0. The molecule has 0 unspecified atom stereocenters. The fraction of sp³-hybridized carbons (Fsp3) is 0.267. The standard InChI is InChI=1S/C60H72N14O22S6/c75-25-17-71(18-26-76)97(83,84)47-9-1-5-41(33-47)61-55-39-57(69-59(67-55)65-43-7-3-11-49(35-43)99(87,88)73(21-29-79)22-30-80)63-45-13-15-51(53(37-45)101(91,92)93)52-16-14-46(38-54(52)102(94,95)96)64-58-40-56(62-42-6-2-10-48(34-42)98(85,86)72(19-27-77)20-28-78)68-60(70-58)66-44-8-4-12-50(36-44)100(89,90)74(23-31-81)24-32-82/h1-16,33-40,75-82H,17-32H2,(H,91,92,93)(H,94,95,96)(H3,61,63,65,67,69)(H3,62,64,66,68,70). The average Bonchev–Trinajstić information content (AvgIpc) is 0.773. The van der Waals surface area contributed by atoms with Gasteiger partial charge in [0, 0.05) is 110 Å². The van der Waals surface area contributed by atoms with E-state index < -0.39 is 134 Å². The van der Waals surface area contributed by atoms with E-state index in [2.05, 4.69) is 51.8 Å². The Morgan fingerprint density at radius 2 is 0.490 bits per heavy atom. The average molecular weight is 1530 g/mol. The van der Waals surface area contributed by atoms with E-state index in [1.165, 1.54) is 121 Å². The molecule has 0 amide bonds. The van der Waals surface area contributed by atoms with Crippen molar-refractivity contribution in [3.05, 3.63) is 146 Å². The van der Waals surface area contributed by atoms with Gasteiger partial charge in [-0.05, 0) is 97.1 Å². The first kappa shape index (κ1) is 79.1. The van der Waals surface area contributed by atoms with Crippen LogP contribution in [-0.4, -0.2) is 243 Å². The third kappa shape index (κ3) is 20.0. The van der Waals surface area contributed by atoms with Gasteiger partial charge in [0.05, 0.1) is 72.4 Å². The van der Waals surface area contributed by atoms with Gasteiger partial charge in [-0.3, -0.25) is 9.11 Å². The number of nitrogens with one attached hydrogen (secondary N) is 6. The highest BCUT2D eigenvalue weighted by atomic mass is 32.2. The largest absolute Gasteiger partial charge is 0.395 e. The summed E-state index contributed by atoms with van der Waals surface area (Å²) in [4.78, 5) is 14.9. The summed E-state index contributed by atoms with van der Waals surface area (Å²) in [5.41, 5.74) is -0.967. The highest BCUT2D eigenvalue weighted by molar-refractivity contribution is 7.90. The molecule has 550 valence electrons. The van der Waals surface area contributed by atoms with Crippen LogP contribution in [0.1, 0.15) is 0 Å². The van der Waals surface area contributed by atoms with Crippen molar-refractivity contribution in [3.63, 3.8) is 0 Å². The molecule has 0 saturated heterocycles. The lowest BCUT2D eigenvalue weighted by molar-refractivity contribution is 0.217. The van der Waals surface area contributed by atoms with Crippen LogP contribution in [0.5, 0.6) is 0 Å². The predicted octanol–water partition coefficient (Wildman–Crippen LogP) is 1.79. The zero-order chi connectivity index (χ0) is 74.2. The van der Waals surface area contributed by atoms with Crippen molar-refractivity contribution < 1.29 is 100 Å². The molecule has 0 bridgehead atoms. The Labute approximate surface area is 587 Å². The van der Waals surface area contributed by atoms with Crippen LogP contribution in [0.25, 0.3) is 11.1 Å². The molecule has 102 heavy (non-hydrogen) atoms. The zero-order valence-electron chi connectivity index (χ0n) is 53.6. The van der Waals surface area contributed by atoms with E-state index in [0.29, 0.717) is 0 Å². The molecule has 0 atom stereocenters. The van der Waals surface area contributed by atoms with Crippen molar-refractivity contribution in [2.24, 2.45) is 0 Å². The van der Waals surface area contributed by atoms with Crippen LogP contribution in [0.2, 0.25) is 0 Å². The van der Waals surface area contributed by atoms with E-state index in [-0.39, 0.29) is 141 Å². The topological polar surface area (TPSA) is 544 Å². The van der Waals surface area contributed by atoms with Gasteiger partial charge in [0.15, 0.2) is 0 Å². The SMILES string of the molecule is O=S(=O)(O)c1cc(Nc2cc(Nc3cccc(S(=O)(=O)N(CCO)CCO)c3)nc(Nc3cccc(S(=O)(=O)N(CCO)CCO)c3)n2)ccc1-c1ccc(Nc2cc(Nc3cccc(S(=O)(=O)N(CCO)CCO)c3)nc(Nc3cccc(S(=O)(=O)N(CCO)CCO)c3)n2)cc1S(=O)(=O)O. The number of rotatable bonds is 39. The Bertz CT molecular complexity index is 4440. The smallest absolute Gasteiger partial charge is 0.295 e. The van der Waals surface area contributed by atoms with E-state index in [4.69, 9.17) is 0 Å². The second-order valence-corrected chi connectivity index (χ2v) is 32.1. The first-order valence-corrected chi connectivity index (χ1v) is 39.0. The van der Waals surface area contributed by atoms with Crippen molar-refractivity contribution in [1.82, 2.24) is 37.2 Å². The van der Waals surface area contributed by atoms with Crippen LogP contribution >= 0.6 is 0 Å². The number of sulfonamides is 4. The van der Waals surface area contributed by atoms with E-state index in [1.54, 1.807) is 0 Å². The number of hydrogen-bond acceptors (Lipinski definition) is 30. The molecule has 0 fully saturated rings. The predicted molar refractivity (Wildman–Crippen MR) is 373 cm³/mol. The fourth-order valence-corrected chi connectivity index (χ4v) is 17.4. The summed E-state index contributed by atoms with van der Waals surface area (Å²) in [6.07, 6.45) is 0.